The highest BCUT2D eigenvalue weighted by atomic mass is 32.1. The number of nitrogens with zero attached hydrogens (tertiary/aromatic N) is 2. The average Bonchev–Trinajstić information content (AvgIpc) is 3.21. The van der Waals surface area contributed by atoms with Crippen LogP contribution in [0.25, 0.3) is 0 Å². The number of carbonyl (C=O) groups is 1. The molecule has 1 aromatic rings. The normalized spacial score (nSPS) is 26.6. The van der Waals surface area contributed by atoms with Crippen LogP contribution in [0, 0.1) is 5.92 Å². The van der Waals surface area contributed by atoms with Crippen LogP contribution in [0.2, 0.25) is 0 Å². The van der Waals surface area contributed by atoms with Crippen LogP contribution in [0.3, 0.4) is 0 Å². The zero-order valence-corrected chi connectivity index (χ0v) is 14.3. The highest BCUT2D eigenvalue weighted by Gasteiger charge is 2.37. The lowest BCUT2D eigenvalue weighted by Gasteiger charge is -2.23. The summed E-state index contributed by atoms with van der Waals surface area (Å²) in [5.41, 5.74) is 2.68. The van der Waals surface area contributed by atoms with Crippen molar-refractivity contribution in [1.29, 1.82) is 0 Å². The van der Waals surface area contributed by atoms with Crippen molar-refractivity contribution in [2.24, 2.45) is 5.92 Å². The van der Waals surface area contributed by atoms with Gasteiger partial charge in [0.05, 0.1) is 17.6 Å². The molecule has 1 N–H and O–H groups in total. The number of hydrogen-bond donors (Lipinski definition) is 1. The number of hydrogen-bond acceptors (Lipinski definition) is 4. The summed E-state index contributed by atoms with van der Waals surface area (Å²) in [6, 6.07) is 1.09. The Morgan fingerprint density at radius 3 is 2.91 bits per heavy atom. The van der Waals surface area contributed by atoms with Gasteiger partial charge < -0.3 is 5.32 Å². The van der Waals surface area contributed by atoms with Crippen LogP contribution in [0.5, 0.6) is 0 Å². The minimum absolute atomic E-state index is 0.130. The molecular weight excluding hydrogens is 294 g/mol. The Hall–Kier alpha value is -0.940. The quantitative estimate of drug-likeness (QED) is 0.876. The summed E-state index contributed by atoms with van der Waals surface area (Å²) in [6.07, 6.45) is 8.27. The van der Waals surface area contributed by atoms with Crippen LogP contribution >= 0.6 is 11.3 Å². The third-order valence-corrected chi connectivity index (χ3v) is 5.78. The van der Waals surface area contributed by atoms with Crippen LogP contribution < -0.4 is 5.32 Å². The topological polar surface area (TPSA) is 45.2 Å². The maximum atomic E-state index is 12.3. The minimum Gasteiger partial charge on any atom is -0.351 e. The summed E-state index contributed by atoms with van der Waals surface area (Å²) in [6.45, 7) is 4.45. The zero-order chi connectivity index (χ0) is 15.4. The van der Waals surface area contributed by atoms with Gasteiger partial charge in [0.1, 0.15) is 0 Å². The predicted molar refractivity (Wildman–Crippen MR) is 90.0 cm³/mol. The van der Waals surface area contributed by atoms with Gasteiger partial charge in [0.15, 0.2) is 0 Å². The fraction of sp³-hybridized carbons (Fsp3) is 0.765. The monoisotopic (exact) mass is 321 g/mol. The highest BCUT2D eigenvalue weighted by molar-refractivity contribution is 7.07. The second-order valence-corrected chi connectivity index (χ2v) is 7.49. The Labute approximate surface area is 137 Å². The number of rotatable bonds is 6. The van der Waals surface area contributed by atoms with Gasteiger partial charge in [0, 0.05) is 30.6 Å². The van der Waals surface area contributed by atoms with Gasteiger partial charge in [0.25, 0.3) is 0 Å². The first-order chi connectivity index (χ1) is 10.8. The van der Waals surface area contributed by atoms with E-state index in [2.05, 4.69) is 22.1 Å². The zero-order valence-electron chi connectivity index (χ0n) is 13.5. The molecule has 1 aliphatic heterocycles. The smallest absolute Gasteiger partial charge is 0.226 e. The molecule has 2 fully saturated rings. The molecule has 1 amide bonds. The molecule has 2 heterocycles. The Morgan fingerprint density at radius 2 is 2.23 bits per heavy atom. The maximum Gasteiger partial charge on any atom is 0.226 e. The van der Waals surface area contributed by atoms with Crippen LogP contribution in [-0.2, 0) is 11.2 Å². The van der Waals surface area contributed by atoms with Crippen molar-refractivity contribution in [1.82, 2.24) is 15.2 Å². The molecule has 5 heteroatoms. The van der Waals surface area contributed by atoms with Crippen molar-refractivity contribution in [3.8, 4) is 0 Å². The van der Waals surface area contributed by atoms with E-state index in [1.54, 1.807) is 16.8 Å². The molecule has 0 bridgehead atoms. The standard InChI is InChI=1S/C17H27N3OS/c1-2-5-13-9-20(15-6-3-4-7-15)10-16(13)19-17(21)8-14-11-22-12-18-14/h11-13,15-16H,2-10H2,1H3,(H,19,21)/t13-,16-/m0/s1. The summed E-state index contributed by atoms with van der Waals surface area (Å²) in [5.74, 6) is 0.746. The molecule has 0 aromatic carbocycles. The van der Waals surface area contributed by atoms with Gasteiger partial charge in [0.2, 0.25) is 5.91 Å². The van der Waals surface area contributed by atoms with Crippen molar-refractivity contribution < 1.29 is 4.79 Å². The summed E-state index contributed by atoms with van der Waals surface area (Å²) in [7, 11) is 0. The largest absolute Gasteiger partial charge is 0.351 e. The minimum atomic E-state index is 0.130. The second kappa shape index (κ2) is 7.55. The van der Waals surface area contributed by atoms with Crippen molar-refractivity contribution in [3.63, 3.8) is 0 Å². The molecule has 3 rings (SSSR count). The first kappa shape index (κ1) is 15.9. The molecule has 22 heavy (non-hydrogen) atoms. The van der Waals surface area contributed by atoms with Crippen LogP contribution in [0.15, 0.2) is 10.9 Å². The van der Waals surface area contributed by atoms with Gasteiger partial charge in [-0.2, -0.15) is 0 Å². The molecule has 122 valence electrons. The van der Waals surface area contributed by atoms with E-state index in [0.717, 1.165) is 18.3 Å². The molecular formula is C17H27N3OS. The lowest BCUT2D eigenvalue weighted by molar-refractivity contribution is -0.121. The molecule has 0 unspecified atom stereocenters. The van der Waals surface area contributed by atoms with Crippen molar-refractivity contribution in [2.45, 2.75) is 64.0 Å². The molecule has 4 nitrogen and oxygen atoms in total. The van der Waals surface area contributed by atoms with E-state index < -0.39 is 0 Å². The summed E-state index contributed by atoms with van der Waals surface area (Å²) in [4.78, 5) is 19.1. The number of carbonyl (C=O) groups excluding carboxylic acids is 1. The van der Waals surface area contributed by atoms with E-state index >= 15 is 0 Å². The van der Waals surface area contributed by atoms with Gasteiger partial charge in [-0.1, -0.05) is 26.2 Å². The Balaban J connectivity index is 1.56. The fourth-order valence-corrected chi connectivity index (χ4v) is 4.60. The van der Waals surface area contributed by atoms with Gasteiger partial charge in [-0.15, -0.1) is 11.3 Å². The number of thiazole rings is 1. The Bertz CT molecular complexity index is 470. The van der Waals surface area contributed by atoms with Gasteiger partial charge in [-0.3, -0.25) is 9.69 Å². The molecule has 2 aliphatic rings. The maximum absolute atomic E-state index is 12.3. The number of amides is 1. The number of likely N-dealkylation sites (tertiary alicyclic amines) is 1. The van der Waals surface area contributed by atoms with Crippen LogP contribution in [-0.4, -0.2) is 41.0 Å². The third-order valence-electron chi connectivity index (χ3n) is 5.14. The number of nitrogens with one attached hydrogen (secondary N) is 1. The molecule has 2 atom stereocenters. The Kier molecular flexibility index (Phi) is 5.47. The summed E-state index contributed by atoms with van der Waals surface area (Å²) >= 11 is 1.55. The molecule has 0 spiro atoms. The molecule has 0 radical (unpaired) electrons. The predicted octanol–water partition coefficient (Wildman–Crippen LogP) is 2.84. The fourth-order valence-electron chi connectivity index (χ4n) is 4.05. The molecule has 1 saturated heterocycles. The molecule has 1 aliphatic carbocycles. The SMILES string of the molecule is CCC[C@H]1CN(C2CCCC2)C[C@@H]1NC(=O)Cc1cscn1. The van der Waals surface area contributed by atoms with Gasteiger partial charge >= 0.3 is 0 Å². The van der Waals surface area contributed by atoms with E-state index in [1.165, 1.54) is 45.1 Å². The Morgan fingerprint density at radius 1 is 1.41 bits per heavy atom. The molecule has 1 saturated carbocycles. The average molecular weight is 321 g/mol. The van der Waals surface area contributed by atoms with E-state index in [0.29, 0.717) is 18.4 Å². The van der Waals surface area contributed by atoms with Crippen LogP contribution in [0.1, 0.15) is 51.1 Å². The second-order valence-electron chi connectivity index (χ2n) is 6.77. The highest BCUT2D eigenvalue weighted by Crippen LogP contribution is 2.30. The van der Waals surface area contributed by atoms with Crippen molar-refractivity contribution >= 4 is 17.2 Å². The lowest BCUT2D eigenvalue weighted by Crippen LogP contribution is -2.42. The molecule has 1 aromatic heterocycles. The van der Waals surface area contributed by atoms with Crippen LogP contribution in [0.4, 0.5) is 0 Å². The van der Waals surface area contributed by atoms with Gasteiger partial charge in [-0.25, -0.2) is 4.98 Å². The van der Waals surface area contributed by atoms with E-state index in [9.17, 15) is 4.79 Å². The van der Waals surface area contributed by atoms with E-state index in [4.69, 9.17) is 0 Å². The third kappa shape index (κ3) is 3.87. The van der Waals surface area contributed by atoms with Crippen molar-refractivity contribution in [3.05, 3.63) is 16.6 Å². The van der Waals surface area contributed by atoms with Gasteiger partial charge in [-0.05, 0) is 25.2 Å². The van der Waals surface area contributed by atoms with Crippen molar-refractivity contribution in [2.75, 3.05) is 13.1 Å². The summed E-state index contributed by atoms with van der Waals surface area (Å²) < 4.78 is 0. The lowest BCUT2D eigenvalue weighted by atomic mass is 9.98. The first-order valence-corrected chi connectivity index (χ1v) is 9.61. The number of aromatic nitrogens is 1. The summed E-state index contributed by atoms with van der Waals surface area (Å²) in [5, 5.41) is 5.25. The van der Waals surface area contributed by atoms with E-state index in [-0.39, 0.29) is 5.91 Å². The first-order valence-electron chi connectivity index (χ1n) is 8.66. The van der Waals surface area contributed by atoms with E-state index in [1.807, 2.05) is 5.38 Å².